The van der Waals surface area contributed by atoms with Crippen molar-refractivity contribution in [2.45, 2.75) is 92.4 Å². The lowest BCUT2D eigenvalue weighted by atomic mass is 9.91. The Morgan fingerprint density at radius 2 is 1.81 bits per heavy atom. The molecule has 1 aromatic carbocycles. The van der Waals surface area contributed by atoms with Gasteiger partial charge in [-0.25, -0.2) is 10.0 Å². The fourth-order valence-electron chi connectivity index (χ4n) is 4.59. The third-order valence-electron chi connectivity index (χ3n) is 6.64. The maximum Gasteiger partial charge on any atom is 0.222 e. The van der Waals surface area contributed by atoms with Crippen LogP contribution in [0.4, 0.5) is 5.69 Å². The van der Waals surface area contributed by atoms with E-state index in [2.05, 4.69) is 50.8 Å². The summed E-state index contributed by atoms with van der Waals surface area (Å²) in [5.41, 5.74) is 8.76. The number of rotatable bonds is 7. The molecule has 1 aromatic rings. The monoisotopic (exact) mass is 498 g/mol. The zero-order valence-electron chi connectivity index (χ0n) is 23.6. The minimum Gasteiger partial charge on any atom is -0.494 e. The number of hydrogen-bond donors (Lipinski definition) is 1. The summed E-state index contributed by atoms with van der Waals surface area (Å²) in [6.45, 7) is 13.2. The van der Waals surface area contributed by atoms with E-state index in [1.54, 1.807) is 12.1 Å². The quantitative estimate of drug-likeness (QED) is 0.390. The summed E-state index contributed by atoms with van der Waals surface area (Å²) >= 11 is 0. The van der Waals surface area contributed by atoms with Gasteiger partial charge in [0.05, 0.1) is 12.8 Å². The number of guanidine groups is 1. The Kier molecular flexibility index (Phi) is 13.6. The molecule has 1 unspecified atom stereocenters. The van der Waals surface area contributed by atoms with Gasteiger partial charge in [0.25, 0.3) is 0 Å². The first kappa shape index (κ1) is 29.9. The second kappa shape index (κ2) is 16.4. The van der Waals surface area contributed by atoms with Crippen LogP contribution in [-0.2, 0) is 4.74 Å². The molecular formula is C30H50N4O2. The number of hydrogen-bond acceptors (Lipinski definition) is 6. The largest absolute Gasteiger partial charge is 0.494 e. The summed E-state index contributed by atoms with van der Waals surface area (Å²) in [5.74, 6) is 3.30. The van der Waals surface area contributed by atoms with E-state index in [-0.39, 0.29) is 0 Å². The van der Waals surface area contributed by atoms with Crippen molar-refractivity contribution in [2.75, 3.05) is 20.3 Å². The number of aliphatic imine (C=N–C) groups is 1. The second-order valence-corrected chi connectivity index (χ2v) is 10.5. The number of methoxy groups -OCH3 is 1. The molecule has 0 amide bonds. The third kappa shape index (κ3) is 9.61. The molecule has 6 nitrogen and oxygen atoms in total. The molecule has 0 spiro atoms. The SMILES string of the molecule is CC(C)CC1CCOCC1.CCCCCCC.COc1cccc2c1N=C(N)N1N=CC(C)CC=C21. The minimum absolute atomic E-state index is 0.369. The fraction of sp³-hybridized carbons (Fsp3) is 0.667. The van der Waals surface area contributed by atoms with E-state index < -0.39 is 0 Å². The lowest BCUT2D eigenvalue weighted by molar-refractivity contribution is 0.0602. The van der Waals surface area contributed by atoms with E-state index in [9.17, 15) is 0 Å². The molecule has 3 aliphatic rings. The van der Waals surface area contributed by atoms with Gasteiger partial charge in [0.15, 0.2) is 0 Å². The zero-order valence-corrected chi connectivity index (χ0v) is 23.6. The van der Waals surface area contributed by atoms with Gasteiger partial charge < -0.3 is 15.2 Å². The number of fused-ring (bicyclic) bond motifs is 3. The van der Waals surface area contributed by atoms with E-state index in [0.717, 1.165) is 54.2 Å². The Hall–Kier alpha value is -2.34. The number of nitrogens with two attached hydrogens (primary N) is 1. The molecule has 0 bridgehead atoms. The number of nitrogens with zero attached hydrogens (tertiary/aromatic N) is 3. The van der Waals surface area contributed by atoms with Crippen LogP contribution in [0.5, 0.6) is 5.75 Å². The van der Waals surface area contributed by atoms with Crippen LogP contribution in [-0.4, -0.2) is 37.5 Å². The summed E-state index contributed by atoms with van der Waals surface area (Å²) in [6.07, 6.45) is 16.0. The van der Waals surface area contributed by atoms with Crippen molar-refractivity contribution in [1.82, 2.24) is 5.01 Å². The third-order valence-corrected chi connectivity index (χ3v) is 6.64. The Bertz CT molecular complexity index is 853. The summed E-state index contributed by atoms with van der Waals surface area (Å²) in [6, 6.07) is 5.85. The van der Waals surface area contributed by atoms with E-state index in [4.69, 9.17) is 15.2 Å². The van der Waals surface area contributed by atoms with E-state index in [1.165, 1.54) is 51.4 Å². The molecule has 3 aliphatic heterocycles. The summed E-state index contributed by atoms with van der Waals surface area (Å²) < 4.78 is 10.6. The number of unbranched alkanes of at least 4 members (excludes halogenated alkanes) is 4. The Morgan fingerprint density at radius 3 is 2.42 bits per heavy atom. The van der Waals surface area contributed by atoms with Crippen LogP contribution >= 0.6 is 0 Å². The summed E-state index contributed by atoms with van der Waals surface area (Å²) in [5, 5.41) is 6.09. The van der Waals surface area contributed by atoms with Gasteiger partial charge in [-0.2, -0.15) is 5.10 Å². The highest BCUT2D eigenvalue weighted by molar-refractivity contribution is 5.98. The molecule has 2 N–H and O–H groups in total. The Morgan fingerprint density at radius 1 is 1.11 bits per heavy atom. The van der Waals surface area contributed by atoms with Crippen LogP contribution < -0.4 is 10.5 Å². The molecular weight excluding hydrogens is 448 g/mol. The molecule has 0 radical (unpaired) electrons. The molecule has 1 atom stereocenters. The van der Waals surface area contributed by atoms with Crippen molar-refractivity contribution in [3.63, 3.8) is 0 Å². The first-order valence-corrected chi connectivity index (χ1v) is 14.0. The smallest absolute Gasteiger partial charge is 0.222 e. The van der Waals surface area contributed by atoms with Crippen molar-refractivity contribution in [3.8, 4) is 5.75 Å². The topological polar surface area (TPSA) is 72.4 Å². The van der Waals surface area contributed by atoms with Gasteiger partial charge in [-0.3, -0.25) is 0 Å². The normalized spacial score (nSPS) is 19.0. The van der Waals surface area contributed by atoms with Gasteiger partial charge in [-0.15, -0.1) is 0 Å². The Labute approximate surface area is 220 Å². The maximum atomic E-state index is 6.01. The van der Waals surface area contributed by atoms with Gasteiger partial charge in [0.1, 0.15) is 11.4 Å². The Balaban J connectivity index is 0.000000225. The molecule has 0 aliphatic carbocycles. The standard InChI is InChI=1S/C14H16N4O.C9H18O.C7H16/c1-9-6-7-11-10-4-3-5-12(19-2)13(10)17-14(15)18(11)16-8-9;1-8(2)7-9-3-5-10-6-4-9;1-3-5-7-6-4-2/h3-5,7-9H,6H2,1-2H3,(H2,15,17);8-9H,3-7H2,1-2H3;3-7H2,1-2H3. The van der Waals surface area contributed by atoms with Crippen LogP contribution in [0.25, 0.3) is 5.70 Å². The molecule has 6 heteroatoms. The molecule has 4 rings (SSSR count). The molecule has 1 fully saturated rings. The van der Waals surface area contributed by atoms with Crippen molar-refractivity contribution in [2.24, 2.45) is 33.6 Å². The highest BCUT2D eigenvalue weighted by Crippen LogP contribution is 2.41. The molecule has 1 saturated heterocycles. The van der Waals surface area contributed by atoms with Crippen LogP contribution in [0.3, 0.4) is 0 Å². The zero-order chi connectivity index (χ0) is 26.3. The van der Waals surface area contributed by atoms with Crippen molar-refractivity contribution in [3.05, 3.63) is 29.8 Å². The number of benzene rings is 1. The van der Waals surface area contributed by atoms with E-state index in [1.807, 2.05) is 24.4 Å². The van der Waals surface area contributed by atoms with Crippen LogP contribution in [0.1, 0.15) is 98.0 Å². The van der Waals surface area contributed by atoms with E-state index in [0.29, 0.717) is 11.9 Å². The van der Waals surface area contributed by atoms with Gasteiger partial charge in [-0.1, -0.05) is 84.9 Å². The van der Waals surface area contributed by atoms with Gasteiger partial charge in [-0.05, 0) is 49.5 Å². The average Bonchev–Trinajstić information content (AvgIpc) is 3.07. The van der Waals surface area contributed by atoms with Crippen molar-refractivity contribution >= 4 is 23.6 Å². The molecule has 36 heavy (non-hydrogen) atoms. The molecule has 3 heterocycles. The highest BCUT2D eigenvalue weighted by Gasteiger charge is 2.26. The van der Waals surface area contributed by atoms with Crippen molar-refractivity contribution in [1.29, 1.82) is 0 Å². The number of para-hydroxylation sites is 1. The number of allylic oxidation sites excluding steroid dienone is 1. The van der Waals surface area contributed by atoms with E-state index >= 15 is 0 Å². The highest BCUT2D eigenvalue weighted by atomic mass is 16.5. The average molecular weight is 499 g/mol. The summed E-state index contributed by atoms with van der Waals surface area (Å²) in [4.78, 5) is 4.41. The van der Waals surface area contributed by atoms with Gasteiger partial charge in [0.2, 0.25) is 5.96 Å². The summed E-state index contributed by atoms with van der Waals surface area (Å²) in [7, 11) is 1.63. The van der Waals surface area contributed by atoms with Crippen LogP contribution in [0.15, 0.2) is 34.4 Å². The predicted molar refractivity (Wildman–Crippen MR) is 154 cm³/mol. The van der Waals surface area contributed by atoms with Crippen LogP contribution in [0, 0.1) is 17.8 Å². The fourth-order valence-corrected chi connectivity index (χ4v) is 4.59. The molecule has 202 valence electrons. The van der Waals surface area contributed by atoms with Gasteiger partial charge in [0, 0.05) is 25.0 Å². The molecule has 0 saturated carbocycles. The second-order valence-electron chi connectivity index (χ2n) is 10.5. The predicted octanol–water partition coefficient (Wildman–Crippen LogP) is 7.76. The molecule has 0 aromatic heterocycles. The lowest BCUT2D eigenvalue weighted by Gasteiger charge is -2.26. The number of ether oxygens (including phenoxy) is 2. The minimum atomic E-state index is 0.369. The van der Waals surface area contributed by atoms with Gasteiger partial charge >= 0.3 is 0 Å². The maximum absolute atomic E-state index is 6.01. The number of hydrazone groups is 1. The first-order valence-electron chi connectivity index (χ1n) is 14.0. The lowest BCUT2D eigenvalue weighted by Crippen LogP contribution is -2.33. The first-order chi connectivity index (χ1) is 17.4. The van der Waals surface area contributed by atoms with Crippen molar-refractivity contribution < 1.29 is 9.47 Å². The van der Waals surface area contributed by atoms with Crippen LogP contribution in [0.2, 0.25) is 0 Å².